The minimum absolute atomic E-state index is 0.0671. The summed E-state index contributed by atoms with van der Waals surface area (Å²) in [5.74, 6) is -0.292. The Hall–Kier alpha value is -0.860. The maximum atomic E-state index is 10.8. The molecular formula is C7H13NO2. The van der Waals surface area contributed by atoms with Crippen LogP contribution in [0.25, 0.3) is 0 Å². The van der Waals surface area contributed by atoms with Crippen molar-refractivity contribution < 1.29 is 9.59 Å². The number of primary amides is 1. The Morgan fingerprint density at radius 2 is 1.90 bits per heavy atom. The fourth-order valence-electron chi connectivity index (χ4n) is 0.722. The van der Waals surface area contributed by atoms with Crippen LogP contribution in [0.15, 0.2) is 0 Å². The summed E-state index contributed by atoms with van der Waals surface area (Å²) in [7, 11) is 0. The zero-order chi connectivity index (χ0) is 8.15. The maximum Gasteiger partial charge on any atom is 0.224 e. The van der Waals surface area contributed by atoms with Gasteiger partial charge in [-0.3, -0.25) is 9.59 Å². The van der Waals surface area contributed by atoms with Crippen LogP contribution in [0.1, 0.15) is 26.7 Å². The van der Waals surface area contributed by atoms with Crippen molar-refractivity contribution in [1.29, 1.82) is 0 Å². The lowest BCUT2D eigenvalue weighted by molar-refractivity contribution is -0.126. The van der Waals surface area contributed by atoms with Crippen LogP contribution in [0.2, 0.25) is 0 Å². The van der Waals surface area contributed by atoms with Crippen LogP contribution in [0.3, 0.4) is 0 Å². The van der Waals surface area contributed by atoms with E-state index in [0.29, 0.717) is 12.3 Å². The molecule has 3 heteroatoms. The van der Waals surface area contributed by atoms with Gasteiger partial charge in [0.15, 0.2) is 0 Å². The number of carbonyl (C=O) groups excluding carboxylic acids is 2. The van der Waals surface area contributed by atoms with Gasteiger partial charge in [0, 0.05) is 6.42 Å². The molecular weight excluding hydrogens is 130 g/mol. The molecule has 0 aliphatic carbocycles. The first-order valence-corrected chi connectivity index (χ1v) is 3.32. The lowest BCUT2D eigenvalue weighted by Crippen LogP contribution is -2.17. The van der Waals surface area contributed by atoms with Crippen LogP contribution < -0.4 is 5.73 Å². The quantitative estimate of drug-likeness (QED) is 0.582. The van der Waals surface area contributed by atoms with E-state index >= 15 is 0 Å². The number of hydrogen-bond donors (Lipinski definition) is 1. The van der Waals surface area contributed by atoms with Crippen molar-refractivity contribution in [2.24, 2.45) is 11.7 Å². The number of ketones is 1. The molecule has 0 fully saturated rings. The predicted molar refractivity (Wildman–Crippen MR) is 38.3 cm³/mol. The first-order chi connectivity index (χ1) is 4.52. The molecule has 3 nitrogen and oxygen atoms in total. The van der Waals surface area contributed by atoms with Gasteiger partial charge in [-0.2, -0.15) is 0 Å². The third-order valence-electron chi connectivity index (χ3n) is 1.01. The van der Waals surface area contributed by atoms with Gasteiger partial charge in [0.25, 0.3) is 0 Å². The predicted octanol–water partition coefficient (Wildman–Crippen LogP) is 0.477. The second-order valence-electron chi connectivity index (χ2n) is 2.78. The maximum absolute atomic E-state index is 10.8. The molecule has 0 aromatic heterocycles. The SMILES string of the molecule is CC(C)CC(=O)CC(N)=O. The van der Waals surface area contributed by atoms with Crippen molar-refractivity contribution in [3.63, 3.8) is 0 Å². The van der Waals surface area contributed by atoms with E-state index in [1.807, 2.05) is 13.8 Å². The third kappa shape index (κ3) is 5.28. The molecule has 0 saturated heterocycles. The van der Waals surface area contributed by atoms with Gasteiger partial charge in [-0.05, 0) is 5.92 Å². The fraction of sp³-hybridized carbons (Fsp3) is 0.714. The normalized spacial score (nSPS) is 9.90. The zero-order valence-electron chi connectivity index (χ0n) is 6.39. The Balaban J connectivity index is 3.54. The Morgan fingerprint density at radius 1 is 1.40 bits per heavy atom. The highest BCUT2D eigenvalue weighted by molar-refractivity contribution is 5.97. The van der Waals surface area contributed by atoms with Gasteiger partial charge >= 0.3 is 0 Å². The van der Waals surface area contributed by atoms with Crippen LogP contribution in [-0.4, -0.2) is 11.7 Å². The zero-order valence-corrected chi connectivity index (χ0v) is 6.39. The van der Waals surface area contributed by atoms with Gasteiger partial charge < -0.3 is 5.73 Å². The number of amides is 1. The molecule has 0 aliphatic rings. The van der Waals surface area contributed by atoms with E-state index < -0.39 is 5.91 Å². The Morgan fingerprint density at radius 3 is 2.20 bits per heavy atom. The molecule has 0 aliphatic heterocycles. The van der Waals surface area contributed by atoms with E-state index in [4.69, 9.17) is 5.73 Å². The van der Waals surface area contributed by atoms with E-state index in [0.717, 1.165) is 0 Å². The minimum Gasteiger partial charge on any atom is -0.369 e. The molecule has 0 aromatic carbocycles. The van der Waals surface area contributed by atoms with Crippen LogP contribution in [0, 0.1) is 5.92 Å². The van der Waals surface area contributed by atoms with Crippen molar-refractivity contribution in [2.75, 3.05) is 0 Å². The Bertz CT molecular complexity index is 141. The Labute approximate surface area is 60.6 Å². The van der Waals surface area contributed by atoms with Gasteiger partial charge in [0.05, 0.1) is 6.42 Å². The summed E-state index contributed by atoms with van der Waals surface area (Å²) in [6, 6.07) is 0. The minimum atomic E-state index is -0.536. The van der Waals surface area contributed by atoms with Crippen molar-refractivity contribution in [1.82, 2.24) is 0 Å². The number of hydrogen-bond acceptors (Lipinski definition) is 2. The molecule has 0 aromatic rings. The summed E-state index contributed by atoms with van der Waals surface area (Å²) in [6.07, 6.45) is 0.334. The fourth-order valence-corrected chi connectivity index (χ4v) is 0.722. The molecule has 0 rings (SSSR count). The second-order valence-corrected chi connectivity index (χ2v) is 2.78. The summed E-state index contributed by atoms with van der Waals surface area (Å²) in [4.78, 5) is 21.0. The van der Waals surface area contributed by atoms with Gasteiger partial charge in [0.2, 0.25) is 5.91 Å². The lowest BCUT2D eigenvalue weighted by atomic mass is 10.1. The molecule has 0 saturated carbocycles. The van der Waals surface area contributed by atoms with Crippen molar-refractivity contribution in [3.8, 4) is 0 Å². The van der Waals surface area contributed by atoms with E-state index in [9.17, 15) is 9.59 Å². The molecule has 2 N–H and O–H groups in total. The summed E-state index contributed by atoms with van der Waals surface area (Å²) in [6.45, 7) is 3.86. The molecule has 0 radical (unpaired) electrons. The number of nitrogens with two attached hydrogens (primary N) is 1. The molecule has 0 heterocycles. The highest BCUT2D eigenvalue weighted by Gasteiger charge is 2.07. The molecule has 0 spiro atoms. The van der Waals surface area contributed by atoms with Crippen molar-refractivity contribution in [2.45, 2.75) is 26.7 Å². The third-order valence-corrected chi connectivity index (χ3v) is 1.01. The molecule has 0 bridgehead atoms. The van der Waals surface area contributed by atoms with Crippen LogP contribution in [0.4, 0.5) is 0 Å². The van der Waals surface area contributed by atoms with Crippen molar-refractivity contribution >= 4 is 11.7 Å². The largest absolute Gasteiger partial charge is 0.369 e. The number of rotatable bonds is 4. The number of carbonyl (C=O) groups is 2. The summed E-state index contributed by atoms with van der Waals surface area (Å²) >= 11 is 0. The summed E-state index contributed by atoms with van der Waals surface area (Å²) in [5.41, 5.74) is 4.81. The summed E-state index contributed by atoms with van der Waals surface area (Å²) in [5, 5.41) is 0. The summed E-state index contributed by atoms with van der Waals surface area (Å²) < 4.78 is 0. The van der Waals surface area contributed by atoms with Gasteiger partial charge in [-0.15, -0.1) is 0 Å². The molecule has 0 unspecified atom stereocenters. The standard InChI is InChI=1S/C7H13NO2/c1-5(2)3-6(9)4-7(8)10/h5H,3-4H2,1-2H3,(H2,8,10). The van der Waals surface area contributed by atoms with E-state index in [2.05, 4.69) is 0 Å². The first-order valence-electron chi connectivity index (χ1n) is 3.32. The Kier molecular flexibility index (Phi) is 3.69. The average Bonchev–Trinajstić information content (AvgIpc) is 1.58. The van der Waals surface area contributed by atoms with Crippen LogP contribution in [-0.2, 0) is 9.59 Å². The van der Waals surface area contributed by atoms with Gasteiger partial charge in [-0.1, -0.05) is 13.8 Å². The molecule has 58 valence electrons. The topological polar surface area (TPSA) is 60.2 Å². The lowest BCUT2D eigenvalue weighted by Gasteiger charge is -1.99. The van der Waals surface area contributed by atoms with E-state index in [1.165, 1.54) is 0 Å². The monoisotopic (exact) mass is 143 g/mol. The van der Waals surface area contributed by atoms with Crippen LogP contribution >= 0.6 is 0 Å². The van der Waals surface area contributed by atoms with Crippen LogP contribution in [0.5, 0.6) is 0 Å². The molecule has 1 amide bonds. The average molecular weight is 143 g/mol. The second kappa shape index (κ2) is 4.04. The van der Waals surface area contributed by atoms with Crippen molar-refractivity contribution in [3.05, 3.63) is 0 Å². The smallest absolute Gasteiger partial charge is 0.224 e. The first kappa shape index (κ1) is 9.14. The van der Waals surface area contributed by atoms with Gasteiger partial charge in [-0.25, -0.2) is 0 Å². The molecule has 10 heavy (non-hydrogen) atoms. The van der Waals surface area contributed by atoms with Gasteiger partial charge in [0.1, 0.15) is 5.78 Å². The molecule has 0 atom stereocenters. The highest BCUT2D eigenvalue weighted by Crippen LogP contribution is 2.01. The highest BCUT2D eigenvalue weighted by atomic mass is 16.2. The van der Waals surface area contributed by atoms with E-state index in [1.54, 1.807) is 0 Å². The van der Waals surface area contributed by atoms with E-state index in [-0.39, 0.29) is 12.2 Å². The number of Topliss-reactive ketones (excluding diaryl/α,β-unsaturated/α-hetero) is 1.